The first-order valence-electron chi connectivity index (χ1n) is 25.0. The van der Waals surface area contributed by atoms with Crippen LogP contribution >= 0.6 is 0 Å². The van der Waals surface area contributed by atoms with Crippen LogP contribution in [0.5, 0.6) is 0 Å². The molecule has 8 atom stereocenters. The summed E-state index contributed by atoms with van der Waals surface area (Å²) in [5, 5.41) is 26.8. The van der Waals surface area contributed by atoms with E-state index in [0.717, 1.165) is 49.9 Å². The van der Waals surface area contributed by atoms with E-state index >= 15 is 0 Å². The number of aliphatic hydroxyl groups excluding tert-OH is 2. The zero-order valence-electron chi connectivity index (χ0n) is 40.5. The van der Waals surface area contributed by atoms with Crippen LogP contribution in [0.15, 0.2) is 71.1 Å². The third kappa shape index (κ3) is 8.88. The Balaban J connectivity index is 0.000000174. The summed E-state index contributed by atoms with van der Waals surface area (Å²) in [6.45, 7) is 4.67. The Kier molecular flexibility index (Phi) is 14.2. The molecule has 2 aliphatic carbocycles. The molecule has 0 spiro atoms. The van der Waals surface area contributed by atoms with Crippen molar-refractivity contribution in [3.63, 3.8) is 0 Å². The van der Waals surface area contributed by atoms with Gasteiger partial charge in [-0.05, 0) is 63.8 Å². The van der Waals surface area contributed by atoms with E-state index in [9.17, 15) is 39.0 Å². The Morgan fingerprint density at radius 3 is 1.36 bits per heavy atom. The van der Waals surface area contributed by atoms with Crippen LogP contribution in [-0.4, -0.2) is 110 Å². The van der Waals surface area contributed by atoms with Crippen LogP contribution in [0, 0.1) is 35.5 Å². The van der Waals surface area contributed by atoms with Gasteiger partial charge in [0.15, 0.2) is 0 Å². The van der Waals surface area contributed by atoms with E-state index in [0.29, 0.717) is 48.4 Å². The normalized spacial score (nSPS) is 25.5. The lowest BCUT2D eigenvalue weighted by atomic mass is 9.83. The van der Waals surface area contributed by atoms with Gasteiger partial charge in [0.05, 0.1) is 60.0 Å². The fourth-order valence-electron chi connectivity index (χ4n) is 11.9. The fourth-order valence-corrected chi connectivity index (χ4v) is 11.9. The number of fused-ring (bicyclic) bond motifs is 8. The number of aromatic nitrogens is 6. The lowest BCUT2D eigenvalue weighted by Crippen LogP contribution is -2.51. The quantitative estimate of drug-likeness (QED) is 0.145. The van der Waals surface area contributed by atoms with E-state index in [1.54, 1.807) is 46.1 Å². The van der Waals surface area contributed by atoms with Gasteiger partial charge < -0.3 is 48.9 Å². The summed E-state index contributed by atoms with van der Waals surface area (Å²) in [6.07, 6.45) is 21.1. The molecule has 4 amide bonds. The molecule has 372 valence electrons. The third-order valence-electron chi connectivity index (χ3n) is 15.7. The highest BCUT2D eigenvalue weighted by Gasteiger charge is 2.60. The number of carbonyl (C=O) groups is 4. The van der Waals surface area contributed by atoms with E-state index in [1.165, 1.54) is 0 Å². The highest BCUT2D eigenvalue weighted by Crippen LogP contribution is 2.51. The first-order chi connectivity index (χ1) is 33.9. The van der Waals surface area contributed by atoms with Crippen molar-refractivity contribution in [1.82, 2.24) is 48.7 Å². The number of pyridine rings is 2. The molecule has 4 aromatic heterocycles. The van der Waals surface area contributed by atoms with Crippen LogP contribution in [0.4, 0.5) is 0 Å². The summed E-state index contributed by atoms with van der Waals surface area (Å²) in [4.78, 5) is 92.9. The Hall–Kier alpha value is -6.40. The molecule has 4 aliphatic heterocycles. The van der Waals surface area contributed by atoms with Gasteiger partial charge >= 0.3 is 0 Å². The predicted octanol–water partition coefficient (Wildman–Crippen LogP) is 2.53. The molecular formula is C52H66N10O8. The summed E-state index contributed by atoms with van der Waals surface area (Å²) in [7, 11) is 3.79. The molecule has 18 heteroatoms. The van der Waals surface area contributed by atoms with Crippen molar-refractivity contribution in [2.24, 2.45) is 49.6 Å². The molecule has 0 aromatic carbocycles. The second-order valence-electron chi connectivity index (χ2n) is 19.9. The number of aliphatic hydroxyl groups is 2. The molecule has 2 saturated carbocycles. The maximum atomic E-state index is 13.6. The molecule has 18 nitrogen and oxygen atoms in total. The maximum Gasteiger partial charge on any atom is 0.258 e. The van der Waals surface area contributed by atoms with Crippen LogP contribution in [0.1, 0.15) is 98.4 Å². The van der Waals surface area contributed by atoms with Crippen molar-refractivity contribution in [3.8, 4) is 0 Å². The minimum Gasteiger partial charge on any atom is -0.396 e. The highest BCUT2D eigenvalue weighted by atomic mass is 16.3. The molecule has 0 unspecified atom stereocenters. The Morgan fingerprint density at radius 2 is 1.04 bits per heavy atom. The molecule has 4 N–H and O–H groups in total. The van der Waals surface area contributed by atoms with Gasteiger partial charge in [-0.25, -0.2) is 9.97 Å². The standard InChI is InChI=1S/2C26H33N5O4/c2*1-3-5-16-8-9-20-23-22(24(33)27-11-10-18-12-29(2)15-28-18)19(14-32)21(13-30(20)25(16)34)31(23)26(35)17-6-4-7-17/h2*3,5,8-9,12,15,17,19,21-23,32H,4,6-7,10-11,13-14H2,1-2H3,(H,27,33)/b5-3+;5-3-/t2*19-,21-,22+,23+/m00/s1. The Labute approximate surface area is 407 Å². The zero-order valence-corrected chi connectivity index (χ0v) is 40.5. The monoisotopic (exact) mass is 959 g/mol. The fraction of sp³-hybridized carbons (Fsp3) is 0.538. The molecule has 10 rings (SSSR count). The maximum absolute atomic E-state index is 13.6. The van der Waals surface area contributed by atoms with Gasteiger partial charge in [-0.2, -0.15) is 0 Å². The number of amides is 4. The SMILES string of the molecule is C/C=C/c1ccc2n(c1=O)C[C@H]1[C@H](CO)[C@@H](C(=O)NCCc3cn(C)cn3)[C@@H]2N1C(=O)C1CCC1.C/C=C\c1ccc2n(c1=O)C[C@H]1[C@H](CO)[C@@H](C(=O)NCCc3cn(C)cn3)[C@@H]2N1C(=O)C1CCC1. The molecule has 4 aromatic rings. The van der Waals surface area contributed by atoms with Crippen molar-refractivity contribution in [2.45, 2.75) is 102 Å². The van der Waals surface area contributed by atoms with Crippen LogP contribution in [0.25, 0.3) is 12.2 Å². The number of carbonyl (C=O) groups excluding carboxylic acids is 4. The minimum atomic E-state index is -0.626. The predicted molar refractivity (Wildman–Crippen MR) is 260 cm³/mol. The number of rotatable bonds is 14. The van der Waals surface area contributed by atoms with Crippen molar-refractivity contribution in [3.05, 3.63) is 116 Å². The topological polar surface area (TPSA) is 219 Å². The summed E-state index contributed by atoms with van der Waals surface area (Å²) in [6, 6.07) is 5.35. The number of hydrogen-bond donors (Lipinski definition) is 4. The molecule has 70 heavy (non-hydrogen) atoms. The van der Waals surface area contributed by atoms with Gasteiger partial charge in [0.2, 0.25) is 23.6 Å². The van der Waals surface area contributed by atoms with Gasteiger partial charge in [0.1, 0.15) is 0 Å². The summed E-state index contributed by atoms with van der Waals surface area (Å²) < 4.78 is 7.14. The van der Waals surface area contributed by atoms with Crippen molar-refractivity contribution in [1.29, 1.82) is 0 Å². The van der Waals surface area contributed by atoms with E-state index in [4.69, 9.17) is 0 Å². The molecule has 4 bridgehead atoms. The Bertz CT molecular complexity index is 2610. The smallest absolute Gasteiger partial charge is 0.258 e. The molecule has 8 heterocycles. The zero-order chi connectivity index (χ0) is 49.4. The summed E-state index contributed by atoms with van der Waals surface area (Å²) >= 11 is 0. The largest absolute Gasteiger partial charge is 0.396 e. The van der Waals surface area contributed by atoms with E-state index in [2.05, 4.69) is 20.6 Å². The Morgan fingerprint density at radius 1 is 0.643 bits per heavy atom. The van der Waals surface area contributed by atoms with Gasteiger partial charge in [0, 0.05) is 125 Å². The van der Waals surface area contributed by atoms with Gasteiger partial charge in [-0.1, -0.05) is 37.1 Å². The lowest BCUT2D eigenvalue weighted by Gasteiger charge is -2.41. The minimum absolute atomic E-state index is 0.0362. The number of aryl methyl sites for hydroxylation is 2. The average molecular weight is 959 g/mol. The second kappa shape index (κ2) is 20.5. The molecule has 2 saturated heterocycles. The van der Waals surface area contributed by atoms with Crippen molar-refractivity contribution in [2.75, 3.05) is 26.3 Å². The summed E-state index contributed by atoms with van der Waals surface area (Å²) in [5.41, 5.74) is 4.01. The van der Waals surface area contributed by atoms with Crippen molar-refractivity contribution >= 4 is 35.8 Å². The van der Waals surface area contributed by atoms with E-state index in [1.807, 2.05) is 83.6 Å². The number of hydrogen-bond acceptors (Lipinski definition) is 10. The third-order valence-corrected chi connectivity index (χ3v) is 15.7. The van der Waals surface area contributed by atoms with Gasteiger partial charge in [0.25, 0.3) is 11.1 Å². The number of allylic oxidation sites excluding steroid dienone is 2. The first kappa shape index (κ1) is 48.6. The van der Waals surface area contributed by atoms with Crippen LogP contribution in [0.2, 0.25) is 0 Å². The van der Waals surface area contributed by atoms with Gasteiger partial charge in [-0.15, -0.1) is 0 Å². The van der Waals surface area contributed by atoms with E-state index < -0.39 is 47.8 Å². The highest BCUT2D eigenvalue weighted by molar-refractivity contribution is 5.87. The first-order valence-corrected chi connectivity index (χ1v) is 25.0. The van der Waals surface area contributed by atoms with Crippen LogP contribution in [0.3, 0.4) is 0 Å². The van der Waals surface area contributed by atoms with Gasteiger partial charge in [-0.3, -0.25) is 28.8 Å². The molecule has 0 radical (unpaired) electrons. The number of imidazole rings is 2. The average Bonchev–Trinajstić information content (AvgIpc) is 4.04. The van der Waals surface area contributed by atoms with Crippen molar-refractivity contribution < 1.29 is 29.4 Å². The van der Waals surface area contributed by atoms with E-state index in [-0.39, 0.29) is 72.9 Å². The number of nitrogens with zero attached hydrogens (tertiary/aromatic N) is 8. The number of nitrogens with one attached hydrogen (secondary N) is 2. The molecule has 6 aliphatic rings. The molecule has 4 fully saturated rings. The lowest BCUT2D eigenvalue weighted by molar-refractivity contribution is -0.144. The second-order valence-corrected chi connectivity index (χ2v) is 19.9. The van der Waals surface area contributed by atoms with Crippen LogP contribution < -0.4 is 21.8 Å². The van der Waals surface area contributed by atoms with Crippen LogP contribution in [-0.2, 0) is 59.2 Å². The summed E-state index contributed by atoms with van der Waals surface area (Å²) in [5.74, 6) is -2.51. The molecular weight excluding hydrogens is 893 g/mol.